The highest BCUT2D eigenvalue weighted by atomic mass is 19.1. The van der Waals surface area contributed by atoms with Crippen molar-refractivity contribution >= 4 is 5.91 Å². The van der Waals surface area contributed by atoms with E-state index in [1.807, 2.05) is 0 Å². The molecule has 0 bridgehead atoms. The topological polar surface area (TPSA) is 69.8 Å². The first-order valence-electron chi connectivity index (χ1n) is 9.05. The first kappa shape index (κ1) is 16.3. The van der Waals surface area contributed by atoms with E-state index in [0.29, 0.717) is 6.04 Å². The monoisotopic (exact) mass is 342 g/mol. The normalized spacial score (nSPS) is 26.1. The summed E-state index contributed by atoms with van der Waals surface area (Å²) >= 11 is 0. The number of hydrogen-bond donors (Lipinski definition) is 3. The maximum atomic E-state index is 13.0. The predicted octanol–water partition coefficient (Wildman–Crippen LogP) is 2.75. The van der Waals surface area contributed by atoms with Crippen molar-refractivity contribution in [2.75, 3.05) is 0 Å². The van der Waals surface area contributed by atoms with Crippen molar-refractivity contribution in [1.29, 1.82) is 0 Å². The average Bonchev–Trinajstić information content (AvgIpc) is 3.10. The standard InChI is InChI=1S/C19H23FN4O/c20-13-7-5-12(6-8-13)16-11-21-17(23-16)9-10-18-22-15-4-2-1-3-14(15)19(25)24-18/h5-8,11,14-15,18,22H,1-4,9-10H2,(H,21,23)(H,24,25). The lowest BCUT2D eigenvalue weighted by atomic mass is 9.82. The second kappa shape index (κ2) is 6.96. The molecule has 4 rings (SSSR count). The highest BCUT2D eigenvalue weighted by Gasteiger charge is 2.36. The summed E-state index contributed by atoms with van der Waals surface area (Å²) < 4.78 is 13.0. The van der Waals surface area contributed by atoms with Gasteiger partial charge in [-0.1, -0.05) is 12.8 Å². The maximum absolute atomic E-state index is 13.0. The molecule has 1 aromatic carbocycles. The van der Waals surface area contributed by atoms with Crippen LogP contribution in [-0.2, 0) is 11.2 Å². The van der Waals surface area contributed by atoms with Crippen LogP contribution in [0, 0.1) is 11.7 Å². The van der Waals surface area contributed by atoms with Gasteiger partial charge in [0.2, 0.25) is 5.91 Å². The van der Waals surface area contributed by atoms with Crippen molar-refractivity contribution < 1.29 is 9.18 Å². The molecule has 2 aromatic rings. The zero-order valence-electron chi connectivity index (χ0n) is 14.1. The third kappa shape index (κ3) is 3.58. The van der Waals surface area contributed by atoms with Crippen molar-refractivity contribution in [2.24, 2.45) is 5.92 Å². The number of halogens is 1. The smallest absolute Gasteiger partial charge is 0.225 e. The fraction of sp³-hybridized carbons (Fsp3) is 0.474. The number of nitrogens with one attached hydrogen (secondary N) is 3. The summed E-state index contributed by atoms with van der Waals surface area (Å²) in [5.41, 5.74) is 1.79. The highest BCUT2D eigenvalue weighted by molar-refractivity contribution is 5.80. The molecule has 0 radical (unpaired) electrons. The zero-order valence-corrected chi connectivity index (χ0v) is 14.1. The number of carbonyl (C=O) groups excluding carboxylic acids is 1. The molecule has 3 atom stereocenters. The van der Waals surface area contributed by atoms with Crippen LogP contribution in [0.3, 0.4) is 0 Å². The van der Waals surface area contributed by atoms with Crippen LogP contribution in [0.25, 0.3) is 11.3 Å². The molecular weight excluding hydrogens is 319 g/mol. The Kier molecular flexibility index (Phi) is 4.53. The van der Waals surface area contributed by atoms with E-state index in [0.717, 1.165) is 49.2 Å². The summed E-state index contributed by atoms with van der Waals surface area (Å²) in [4.78, 5) is 20.0. The second-order valence-corrected chi connectivity index (χ2v) is 7.01. The van der Waals surface area contributed by atoms with E-state index in [1.54, 1.807) is 18.3 Å². The van der Waals surface area contributed by atoms with Gasteiger partial charge in [-0.25, -0.2) is 9.37 Å². The summed E-state index contributed by atoms with van der Waals surface area (Å²) in [5, 5.41) is 6.68. The van der Waals surface area contributed by atoms with Crippen LogP contribution in [0.2, 0.25) is 0 Å². The van der Waals surface area contributed by atoms with Gasteiger partial charge in [-0.15, -0.1) is 0 Å². The molecule has 1 aliphatic carbocycles. The van der Waals surface area contributed by atoms with Gasteiger partial charge in [0.25, 0.3) is 0 Å². The Labute approximate surface area is 146 Å². The van der Waals surface area contributed by atoms with Crippen molar-refractivity contribution in [3.05, 3.63) is 42.1 Å². The van der Waals surface area contributed by atoms with Crippen LogP contribution in [0.1, 0.15) is 37.9 Å². The molecular formula is C19H23FN4O. The van der Waals surface area contributed by atoms with Gasteiger partial charge in [-0.05, 0) is 49.1 Å². The van der Waals surface area contributed by atoms with Gasteiger partial charge in [0.05, 0.1) is 24.0 Å². The van der Waals surface area contributed by atoms with Crippen molar-refractivity contribution in [1.82, 2.24) is 20.6 Å². The van der Waals surface area contributed by atoms with Gasteiger partial charge in [0, 0.05) is 12.5 Å². The van der Waals surface area contributed by atoms with Gasteiger partial charge in [0.1, 0.15) is 11.6 Å². The molecule has 1 aliphatic heterocycles. The van der Waals surface area contributed by atoms with Gasteiger partial charge < -0.3 is 10.3 Å². The Balaban J connectivity index is 1.35. The molecule has 6 heteroatoms. The summed E-state index contributed by atoms with van der Waals surface area (Å²) in [6.07, 6.45) is 7.76. The molecule has 1 saturated heterocycles. The minimum atomic E-state index is -0.247. The third-order valence-electron chi connectivity index (χ3n) is 5.29. The molecule has 1 saturated carbocycles. The van der Waals surface area contributed by atoms with E-state index < -0.39 is 0 Å². The van der Waals surface area contributed by atoms with Crippen molar-refractivity contribution in [3.8, 4) is 11.3 Å². The van der Waals surface area contributed by atoms with E-state index in [9.17, 15) is 9.18 Å². The summed E-state index contributed by atoms with van der Waals surface area (Å²) in [6, 6.07) is 6.67. The molecule has 132 valence electrons. The number of rotatable bonds is 4. The summed E-state index contributed by atoms with van der Waals surface area (Å²) in [6.45, 7) is 0. The number of hydrogen-bond acceptors (Lipinski definition) is 3. The van der Waals surface area contributed by atoms with Gasteiger partial charge >= 0.3 is 0 Å². The second-order valence-electron chi connectivity index (χ2n) is 7.01. The fourth-order valence-electron chi connectivity index (χ4n) is 3.93. The third-order valence-corrected chi connectivity index (χ3v) is 5.29. The van der Waals surface area contributed by atoms with Crippen molar-refractivity contribution in [3.63, 3.8) is 0 Å². The number of aryl methyl sites for hydroxylation is 1. The number of amides is 1. The van der Waals surface area contributed by atoms with Crippen LogP contribution >= 0.6 is 0 Å². The molecule has 0 spiro atoms. The Hall–Kier alpha value is -2.21. The minimum Gasteiger partial charge on any atom is -0.342 e. The molecule has 2 fully saturated rings. The van der Waals surface area contributed by atoms with Crippen LogP contribution in [0.4, 0.5) is 4.39 Å². The lowest BCUT2D eigenvalue weighted by Gasteiger charge is -2.40. The summed E-state index contributed by atoms with van der Waals surface area (Å²) in [7, 11) is 0. The van der Waals surface area contributed by atoms with Gasteiger partial charge in [-0.3, -0.25) is 10.1 Å². The Morgan fingerprint density at radius 3 is 2.80 bits per heavy atom. The Morgan fingerprint density at radius 2 is 1.96 bits per heavy atom. The zero-order chi connectivity index (χ0) is 17.2. The van der Waals surface area contributed by atoms with Crippen LogP contribution in [-0.4, -0.2) is 28.1 Å². The van der Waals surface area contributed by atoms with E-state index in [2.05, 4.69) is 20.6 Å². The first-order valence-corrected chi connectivity index (χ1v) is 9.05. The average molecular weight is 342 g/mol. The fourth-order valence-corrected chi connectivity index (χ4v) is 3.93. The molecule has 3 N–H and O–H groups in total. The molecule has 25 heavy (non-hydrogen) atoms. The number of aromatic nitrogens is 2. The number of benzene rings is 1. The number of fused-ring (bicyclic) bond motifs is 1. The first-order chi connectivity index (χ1) is 12.2. The number of H-pyrrole nitrogens is 1. The largest absolute Gasteiger partial charge is 0.342 e. The molecule has 1 amide bonds. The van der Waals surface area contributed by atoms with Crippen LogP contribution in [0.5, 0.6) is 0 Å². The lowest BCUT2D eigenvalue weighted by molar-refractivity contribution is -0.130. The van der Waals surface area contributed by atoms with Crippen LogP contribution < -0.4 is 10.6 Å². The SMILES string of the molecule is O=C1NC(CCc2ncc(-c3ccc(F)cc3)[nH]2)NC2CCCCC12. The molecule has 3 unspecified atom stereocenters. The van der Waals surface area contributed by atoms with Crippen LogP contribution in [0.15, 0.2) is 30.5 Å². The maximum Gasteiger partial charge on any atom is 0.225 e. The number of nitrogens with zero attached hydrogens (tertiary/aromatic N) is 1. The molecule has 1 aromatic heterocycles. The van der Waals surface area contributed by atoms with Crippen molar-refractivity contribution in [2.45, 2.75) is 50.7 Å². The van der Waals surface area contributed by atoms with Gasteiger partial charge in [0.15, 0.2) is 0 Å². The van der Waals surface area contributed by atoms with Gasteiger partial charge in [-0.2, -0.15) is 0 Å². The molecule has 2 heterocycles. The number of carbonyl (C=O) groups is 1. The van der Waals surface area contributed by atoms with E-state index in [4.69, 9.17) is 0 Å². The van der Waals surface area contributed by atoms with E-state index in [1.165, 1.54) is 18.6 Å². The summed E-state index contributed by atoms with van der Waals surface area (Å²) in [5.74, 6) is 0.961. The lowest BCUT2D eigenvalue weighted by Crippen LogP contribution is -2.62. The quantitative estimate of drug-likeness (QED) is 0.800. The Morgan fingerprint density at radius 1 is 1.16 bits per heavy atom. The predicted molar refractivity (Wildman–Crippen MR) is 93.1 cm³/mol. The number of aromatic amines is 1. The minimum absolute atomic E-state index is 0.00576. The molecule has 2 aliphatic rings. The van der Waals surface area contributed by atoms with E-state index >= 15 is 0 Å². The molecule has 5 nitrogen and oxygen atoms in total. The highest BCUT2D eigenvalue weighted by Crippen LogP contribution is 2.27. The van der Waals surface area contributed by atoms with E-state index in [-0.39, 0.29) is 23.8 Å². The Bertz CT molecular complexity index is 742. The number of imidazole rings is 1.